The normalized spacial score (nSPS) is 10.6. The minimum atomic E-state index is 0.567. The highest BCUT2D eigenvalue weighted by atomic mass is 32.1. The van der Waals surface area contributed by atoms with E-state index in [0.717, 1.165) is 34.4 Å². The van der Waals surface area contributed by atoms with Crippen molar-refractivity contribution in [2.24, 2.45) is 5.73 Å². The number of aromatic nitrogens is 2. The molecule has 4 nitrogen and oxygen atoms in total. The van der Waals surface area contributed by atoms with Gasteiger partial charge in [0, 0.05) is 43.3 Å². The predicted molar refractivity (Wildman–Crippen MR) is 76.0 cm³/mol. The van der Waals surface area contributed by atoms with E-state index >= 15 is 0 Å². The minimum absolute atomic E-state index is 0.567. The first kappa shape index (κ1) is 13.0. The number of hydrogen-bond acceptors (Lipinski definition) is 5. The van der Waals surface area contributed by atoms with Crippen molar-refractivity contribution in [1.82, 2.24) is 9.97 Å². The van der Waals surface area contributed by atoms with Gasteiger partial charge in [0.2, 0.25) is 0 Å². The zero-order valence-corrected chi connectivity index (χ0v) is 11.6. The third-order valence-corrected chi connectivity index (χ3v) is 4.12. The number of aryl methyl sites for hydroxylation is 1. The molecule has 2 aromatic heterocycles. The Morgan fingerprint density at radius 3 is 2.83 bits per heavy atom. The second-order valence-electron chi connectivity index (χ2n) is 4.20. The van der Waals surface area contributed by atoms with Gasteiger partial charge in [-0.1, -0.05) is 6.07 Å². The third kappa shape index (κ3) is 3.05. The van der Waals surface area contributed by atoms with Crippen LogP contribution in [0.3, 0.4) is 0 Å². The number of nitrogens with two attached hydrogens (primary N) is 1. The summed E-state index contributed by atoms with van der Waals surface area (Å²) in [5, 5.41) is 1.03. The van der Waals surface area contributed by atoms with Gasteiger partial charge < -0.3 is 10.6 Å². The van der Waals surface area contributed by atoms with Crippen LogP contribution >= 0.6 is 11.3 Å². The molecule has 0 radical (unpaired) electrons. The van der Waals surface area contributed by atoms with Gasteiger partial charge in [0.1, 0.15) is 0 Å². The fourth-order valence-corrected chi connectivity index (χ4v) is 2.62. The number of rotatable bonds is 5. The Morgan fingerprint density at radius 1 is 1.39 bits per heavy atom. The van der Waals surface area contributed by atoms with Crippen molar-refractivity contribution in [1.29, 1.82) is 0 Å². The van der Waals surface area contributed by atoms with Crippen molar-refractivity contribution >= 4 is 16.5 Å². The first-order valence-corrected chi connectivity index (χ1v) is 6.79. The standard InChI is InChI=1S/C13H18N4S/c1-10-12(9-14)18-13(16-10)17(2)8-6-11-5-3-4-7-15-11/h3-5,7H,6,8-9,14H2,1-2H3. The van der Waals surface area contributed by atoms with Crippen LogP contribution in [0.15, 0.2) is 24.4 Å². The van der Waals surface area contributed by atoms with Crippen molar-refractivity contribution in [3.05, 3.63) is 40.7 Å². The molecule has 0 bridgehead atoms. The van der Waals surface area contributed by atoms with Crippen molar-refractivity contribution < 1.29 is 0 Å². The molecule has 0 aliphatic carbocycles. The molecule has 2 rings (SSSR count). The van der Waals surface area contributed by atoms with Gasteiger partial charge in [-0.25, -0.2) is 4.98 Å². The summed E-state index contributed by atoms with van der Waals surface area (Å²) in [7, 11) is 2.06. The summed E-state index contributed by atoms with van der Waals surface area (Å²) in [6.07, 6.45) is 2.75. The van der Waals surface area contributed by atoms with Gasteiger partial charge >= 0.3 is 0 Å². The van der Waals surface area contributed by atoms with E-state index in [-0.39, 0.29) is 0 Å². The predicted octanol–water partition coefficient (Wildman–Crippen LogP) is 1.98. The number of nitrogens with zero attached hydrogens (tertiary/aromatic N) is 3. The van der Waals surface area contributed by atoms with Crippen LogP contribution in [0.1, 0.15) is 16.3 Å². The lowest BCUT2D eigenvalue weighted by Gasteiger charge is -2.14. The fraction of sp³-hybridized carbons (Fsp3) is 0.385. The molecular formula is C13H18N4S. The van der Waals surface area contributed by atoms with Gasteiger partial charge in [0.15, 0.2) is 5.13 Å². The Morgan fingerprint density at radius 2 is 2.22 bits per heavy atom. The molecule has 2 aromatic rings. The van der Waals surface area contributed by atoms with Crippen LogP contribution in [0.2, 0.25) is 0 Å². The first-order valence-electron chi connectivity index (χ1n) is 5.98. The van der Waals surface area contributed by atoms with E-state index in [4.69, 9.17) is 5.73 Å². The highest BCUT2D eigenvalue weighted by Gasteiger charge is 2.10. The summed E-state index contributed by atoms with van der Waals surface area (Å²) < 4.78 is 0. The molecule has 0 spiro atoms. The van der Waals surface area contributed by atoms with Crippen molar-refractivity contribution in [3.8, 4) is 0 Å². The van der Waals surface area contributed by atoms with Crippen LogP contribution in [0.5, 0.6) is 0 Å². The average molecular weight is 262 g/mol. The number of hydrogen-bond donors (Lipinski definition) is 1. The minimum Gasteiger partial charge on any atom is -0.351 e. The maximum atomic E-state index is 5.67. The molecule has 0 amide bonds. The molecule has 0 aliphatic rings. The van der Waals surface area contributed by atoms with Crippen molar-refractivity contribution in [2.75, 3.05) is 18.5 Å². The molecule has 2 N–H and O–H groups in total. The number of pyridine rings is 1. The third-order valence-electron chi connectivity index (χ3n) is 2.82. The fourth-order valence-electron chi connectivity index (χ4n) is 1.69. The molecule has 0 saturated heterocycles. The lowest BCUT2D eigenvalue weighted by molar-refractivity contribution is 0.846. The topological polar surface area (TPSA) is 55.0 Å². The van der Waals surface area contributed by atoms with Gasteiger partial charge in [-0.2, -0.15) is 0 Å². The smallest absolute Gasteiger partial charge is 0.185 e. The zero-order valence-electron chi connectivity index (χ0n) is 10.8. The maximum Gasteiger partial charge on any atom is 0.185 e. The molecular weight excluding hydrogens is 244 g/mol. The summed E-state index contributed by atoms with van der Waals surface area (Å²) in [5.41, 5.74) is 7.82. The molecule has 0 saturated carbocycles. The quantitative estimate of drug-likeness (QED) is 0.895. The van der Waals surface area contributed by atoms with Crippen LogP contribution in [-0.2, 0) is 13.0 Å². The number of thiazole rings is 1. The van der Waals surface area contributed by atoms with Crippen molar-refractivity contribution in [3.63, 3.8) is 0 Å². The summed E-state index contributed by atoms with van der Waals surface area (Å²) in [6, 6.07) is 6.00. The molecule has 96 valence electrons. The average Bonchev–Trinajstić information content (AvgIpc) is 2.78. The Hall–Kier alpha value is -1.46. The van der Waals surface area contributed by atoms with E-state index in [1.807, 2.05) is 31.3 Å². The van der Waals surface area contributed by atoms with Crippen molar-refractivity contribution in [2.45, 2.75) is 19.9 Å². The van der Waals surface area contributed by atoms with E-state index < -0.39 is 0 Å². The SMILES string of the molecule is Cc1nc(N(C)CCc2ccccn2)sc1CN. The van der Waals surface area contributed by atoms with Gasteiger partial charge in [-0.05, 0) is 19.1 Å². The van der Waals surface area contributed by atoms with Gasteiger partial charge in [-0.3, -0.25) is 4.98 Å². The highest BCUT2D eigenvalue weighted by molar-refractivity contribution is 7.15. The second-order valence-corrected chi connectivity index (χ2v) is 5.26. The molecule has 2 heterocycles. The van der Waals surface area contributed by atoms with Crippen LogP contribution in [-0.4, -0.2) is 23.6 Å². The molecule has 18 heavy (non-hydrogen) atoms. The van der Waals surface area contributed by atoms with E-state index in [1.165, 1.54) is 0 Å². The summed E-state index contributed by atoms with van der Waals surface area (Å²) >= 11 is 1.67. The summed E-state index contributed by atoms with van der Waals surface area (Å²) in [4.78, 5) is 12.2. The van der Waals surface area contributed by atoms with E-state index in [2.05, 4.69) is 21.9 Å². The summed E-state index contributed by atoms with van der Waals surface area (Å²) in [5.74, 6) is 0. The molecule has 0 unspecified atom stereocenters. The Kier molecular flexibility index (Phi) is 4.28. The van der Waals surface area contributed by atoms with E-state index in [1.54, 1.807) is 11.3 Å². The van der Waals surface area contributed by atoms with E-state index in [0.29, 0.717) is 6.54 Å². The lowest BCUT2D eigenvalue weighted by Crippen LogP contribution is -2.20. The molecule has 0 aromatic carbocycles. The Bertz CT molecular complexity index is 495. The van der Waals surface area contributed by atoms with Crippen LogP contribution in [0.4, 0.5) is 5.13 Å². The first-order chi connectivity index (χ1) is 8.70. The molecule has 0 atom stereocenters. The lowest BCUT2D eigenvalue weighted by atomic mass is 10.2. The van der Waals surface area contributed by atoms with Gasteiger partial charge in [-0.15, -0.1) is 11.3 Å². The van der Waals surface area contributed by atoms with Crippen LogP contribution < -0.4 is 10.6 Å². The Labute approximate surface area is 111 Å². The van der Waals surface area contributed by atoms with Gasteiger partial charge in [0.05, 0.1) is 5.69 Å². The highest BCUT2D eigenvalue weighted by Crippen LogP contribution is 2.24. The van der Waals surface area contributed by atoms with Crippen LogP contribution in [0.25, 0.3) is 0 Å². The monoisotopic (exact) mass is 262 g/mol. The Balaban J connectivity index is 1.97. The summed E-state index contributed by atoms with van der Waals surface area (Å²) in [6.45, 7) is 3.49. The van der Waals surface area contributed by atoms with Gasteiger partial charge in [0.25, 0.3) is 0 Å². The second kappa shape index (κ2) is 5.93. The van der Waals surface area contributed by atoms with Crippen LogP contribution in [0, 0.1) is 6.92 Å². The largest absolute Gasteiger partial charge is 0.351 e. The van der Waals surface area contributed by atoms with E-state index in [9.17, 15) is 0 Å². The molecule has 0 aliphatic heterocycles. The molecule has 5 heteroatoms. The number of likely N-dealkylation sites (N-methyl/N-ethyl adjacent to an activating group) is 1. The number of anilines is 1. The molecule has 0 fully saturated rings. The maximum absolute atomic E-state index is 5.67. The zero-order chi connectivity index (χ0) is 13.0.